The van der Waals surface area contributed by atoms with Crippen LogP contribution in [0.25, 0.3) is 0 Å². The van der Waals surface area contributed by atoms with Gasteiger partial charge in [-0.1, -0.05) is 6.07 Å². The van der Waals surface area contributed by atoms with Gasteiger partial charge in [0, 0.05) is 6.42 Å². The molecular weight excluding hydrogens is 224 g/mol. The lowest BCUT2D eigenvalue weighted by Gasteiger charge is -2.22. The second kappa shape index (κ2) is 4.95. The van der Waals surface area contributed by atoms with E-state index in [4.69, 9.17) is 19.3 Å². The van der Waals surface area contributed by atoms with Crippen molar-refractivity contribution in [3.63, 3.8) is 0 Å². The Morgan fingerprint density at radius 3 is 2.88 bits per heavy atom. The molecule has 1 aliphatic heterocycles. The van der Waals surface area contributed by atoms with Gasteiger partial charge >= 0.3 is 5.97 Å². The minimum Gasteiger partial charge on any atom is -0.492 e. The summed E-state index contributed by atoms with van der Waals surface area (Å²) in [5.74, 6) is 0.958. The number of aryl methyl sites for hydroxylation is 1. The lowest BCUT2D eigenvalue weighted by molar-refractivity contribution is -0.136. The zero-order valence-corrected chi connectivity index (χ0v) is 9.56. The number of carboxylic acids is 1. The van der Waals surface area contributed by atoms with Crippen LogP contribution in [-0.2, 0) is 11.2 Å². The molecule has 0 bridgehead atoms. The highest BCUT2D eigenvalue weighted by molar-refractivity contribution is 5.67. The van der Waals surface area contributed by atoms with E-state index >= 15 is 0 Å². The highest BCUT2D eigenvalue weighted by Crippen LogP contribution is 2.41. The van der Waals surface area contributed by atoms with Gasteiger partial charge in [-0.3, -0.25) is 4.79 Å². The average molecular weight is 238 g/mol. The minimum atomic E-state index is -0.832. The van der Waals surface area contributed by atoms with E-state index in [1.165, 1.54) is 7.11 Å². The van der Waals surface area contributed by atoms with Crippen molar-refractivity contribution in [2.45, 2.75) is 12.8 Å². The van der Waals surface area contributed by atoms with E-state index in [0.717, 1.165) is 5.56 Å². The monoisotopic (exact) mass is 238 g/mol. The Morgan fingerprint density at radius 1 is 1.41 bits per heavy atom. The summed E-state index contributed by atoms with van der Waals surface area (Å²) in [5.41, 5.74) is 0.819. The van der Waals surface area contributed by atoms with E-state index in [9.17, 15) is 4.79 Å². The number of hydrogen-bond acceptors (Lipinski definition) is 4. The summed E-state index contributed by atoms with van der Waals surface area (Å²) in [7, 11) is 1.54. The summed E-state index contributed by atoms with van der Waals surface area (Å²) in [6, 6.07) is 3.60. The molecule has 1 aromatic carbocycles. The first-order valence-electron chi connectivity index (χ1n) is 5.39. The Morgan fingerprint density at radius 2 is 2.18 bits per heavy atom. The van der Waals surface area contributed by atoms with Crippen molar-refractivity contribution in [1.29, 1.82) is 0 Å². The van der Waals surface area contributed by atoms with Gasteiger partial charge in [0.25, 0.3) is 0 Å². The first kappa shape index (κ1) is 11.6. The molecule has 0 fully saturated rings. The largest absolute Gasteiger partial charge is 0.492 e. The second-order valence-electron chi connectivity index (χ2n) is 3.68. The van der Waals surface area contributed by atoms with E-state index in [-0.39, 0.29) is 6.42 Å². The normalized spacial score (nSPS) is 13.2. The van der Waals surface area contributed by atoms with Crippen LogP contribution in [0.2, 0.25) is 0 Å². The van der Waals surface area contributed by atoms with Gasteiger partial charge in [0.05, 0.1) is 7.11 Å². The molecule has 0 saturated carbocycles. The van der Waals surface area contributed by atoms with Crippen LogP contribution < -0.4 is 14.2 Å². The standard InChI is InChI=1S/C12H14O5/c1-15-11-8(3-5-10(13)14)2-4-9-12(11)17-7-6-16-9/h2,4H,3,5-7H2,1H3,(H,13,14). The third-order valence-electron chi connectivity index (χ3n) is 2.56. The topological polar surface area (TPSA) is 65.0 Å². The molecule has 0 saturated heterocycles. The number of benzene rings is 1. The van der Waals surface area contributed by atoms with Crippen molar-refractivity contribution in [1.82, 2.24) is 0 Å². The summed E-state index contributed by atoms with van der Waals surface area (Å²) >= 11 is 0. The number of hydrogen-bond donors (Lipinski definition) is 1. The molecule has 0 aliphatic carbocycles. The van der Waals surface area contributed by atoms with Gasteiger partial charge in [0.15, 0.2) is 11.5 Å². The molecule has 5 nitrogen and oxygen atoms in total. The van der Waals surface area contributed by atoms with Gasteiger partial charge in [-0.05, 0) is 18.1 Å². The summed E-state index contributed by atoms with van der Waals surface area (Å²) in [4.78, 5) is 10.6. The zero-order chi connectivity index (χ0) is 12.3. The molecule has 0 radical (unpaired) electrons. The molecule has 0 unspecified atom stereocenters. The van der Waals surface area contributed by atoms with Gasteiger partial charge in [-0.25, -0.2) is 0 Å². The molecule has 1 aromatic rings. The van der Waals surface area contributed by atoms with E-state index in [0.29, 0.717) is 36.9 Å². The smallest absolute Gasteiger partial charge is 0.303 e. The summed E-state index contributed by atoms with van der Waals surface area (Å²) in [6.45, 7) is 0.996. The highest BCUT2D eigenvalue weighted by atomic mass is 16.6. The molecule has 5 heteroatoms. The minimum absolute atomic E-state index is 0.0655. The Hall–Kier alpha value is -1.91. The maximum Gasteiger partial charge on any atom is 0.303 e. The zero-order valence-electron chi connectivity index (χ0n) is 9.56. The van der Waals surface area contributed by atoms with E-state index in [2.05, 4.69) is 0 Å². The van der Waals surface area contributed by atoms with Gasteiger partial charge in [0.2, 0.25) is 5.75 Å². The molecule has 1 N–H and O–H groups in total. The Labute approximate surface area is 98.9 Å². The summed E-state index contributed by atoms with van der Waals surface area (Å²) in [5, 5.41) is 8.68. The highest BCUT2D eigenvalue weighted by Gasteiger charge is 2.20. The molecule has 0 aromatic heterocycles. The molecule has 92 valence electrons. The fraction of sp³-hybridized carbons (Fsp3) is 0.417. The number of carboxylic acid groups (broad SMARTS) is 1. The molecule has 1 aliphatic rings. The van der Waals surface area contributed by atoms with Gasteiger partial charge in [0.1, 0.15) is 13.2 Å². The van der Waals surface area contributed by atoms with Crippen LogP contribution in [0.15, 0.2) is 12.1 Å². The third-order valence-corrected chi connectivity index (χ3v) is 2.56. The molecule has 0 atom stereocenters. The van der Waals surface area contributed by atoms with Crippen LogP contribution in [0.5, 0.6) is 17.2 Å². The van der Waals surface area contributed by atoms with E-state index in [1.807, 2.05) is 6.07 Å². The first-order chi connectivity index (χ1) is 8.22. The average Bonchev–Trinajstić information content (AvgIpc) is 2.35. The first-order valence-corrected chi connectivity index (χ1v) is 5.39. The lowest BCUT2D eigenvalue weighted by atomic mass is 10.1. The van der Waals surface area contributed by atoms with Gasteiger partial charge in [-0.2, -0.15) is 0 Å². The van der Waals surface area contributed by atoms with E-state index < -0.39 is 5.97 Å². The van der Waals surface area contributed by atoms with Crippen molar-refractivity contribution < 1.29 is 24.1 Å². The molecule has 17 heavy (non-hydrogen) atoms. The Kier molecular flexibility index (Phi) is 3.37. The SMILES string of the molecule is COc1c(CCC(=O)O)ccc2c1OCCO2. The van der Waals surface area contributed by atoms with Crippen LogP contribution in [0.1, 0.15) is 12.0 Å². The molecule has 0 amide bonds. The Balaban J connectivity index is 2.29. The number of carbonyl (C=O) groups is 1. The Bertz CT molecular complexity index is 427. The predicted molar refractivity (Wildman–Crippen MR) is 59.9 cm³/mol. The second-order valence-corrected chi connectivity index (χ2v) is 3.68. The van der Waals surface area contributed by atoms with Gasteiger partial charge < -0.3 is 19.3 Å². The lowest BCUT2D eigenvalue weighted by Crippen LogP contribution is -2.16. The number of ether oxygens (including phenoxy) is 3. The quantitative estimate of drug-likeness (QED) is 0.860. The van der Waals surface area contributed by atoms with Crippen molar-refractivity contribution in [2.75, 3.05) is 20.3 Å². The van der Waals surface area contributed by atoms with Crippen molar-refractivity contribution >= 4 is 5.97 Å². The van der Waals surface area contributed by atoms with Crippen LogP contribution in [-0.4, -0.2) is 31.4 Å². The van der Waals surface area contributed by atoms with Crippen molar-refractivity contribution in [2.24, 2.45) is 0 Å². The van der Waals surface area contributed by atoms with E-state index in [1.54, 1.807) is 6.07 Å². The maximum absolute atomic E-state index is 10.6. The summed E-state index contributed by atoms with van der Waals surface area (Å²) < 4.78 is 16.2. The van der Waals surface area contributed by atoms with Crippen molar-refractivity contribution in [3.05, 3.63) is 17.7 Å². The number of rotatable bonds is 4. The fourth-order valence-electron chi connectivity index (χ4n) is 1.79. The van der Waals surface area contributed by atoms with Crippen LogP contribution in [0.4, 0.5) is 0 Å². The maximum atomic E-state index is 10.6. The number of methoxy groups -OCH3 is 1. The van der Waals surface area contributed by atoms with Crippen LogP contribution in [0, 0.1) is 0 Å². The number of fused-ring (bicyclic) bond motifs is 1. The van der Waals surface area contributed by atoms with Crippen LogP contribution >= 0.6 is 0 Å². The van der Waals surface area contributed by atoms with Crippen LogP contribution in [0.3, 0.4) is 0 Å². The summed E-state index contributed by atoms with van der Waals surface area (Å²) in [6.07, 6.45) is 0.477. The molecular formula is C12H14O5. The molecule has 2 rings (SSSR count). The molecule has 0 spiro atoms. The number of aliphatic carboxylic acids is 1. The van der Waals surface area contributed by atoms with Crippen molar-refractivity contribution in [3.8, 4) is 17.2 Å². The molecule has 1 heterocycles. The van der Waals surface area contributed by atoms with Gasteiger partial charge in [-0.15, -0.1) is 0 Å². The fourth-order valence-corrected chi connectivity index (χ4v) is 1.79. The predicted octanol–water partition coefficient (Wildman–Crippen LogP) is 1.48. The third kappa shape index (κ3) is 2.43.